The van der Waals surface area contributed by atoms with Gasteiger partial charge in [-0.1, -0.05) is 6.92 Å². The van der Waals surface area contributed by atoms with Crippen molar-refractivity contribution in [1.29, 1.82) is 0 Å². The standard InChI is InChI=1S/C11H11F3O2/c1-3-9(15)11(16-2)6-4-7(12)10(14)8(13)5-6/h4-5,11H,3H2,1-2H3. The molecule has 1 aromatic carbocycles. The van der Waals surface area contributed by atoms with Crippen LogP contribution in [-0.2, 0) is 9.53 Å². The van der Waals surface area contributed by atoms with Crippen LogP contribution < -0.4 is 0 Å². The molecule has 0 aliphatic rings. The number of halogens is 3. The molecule has 88 valence electrons. The maximum absolute atomic E-state index is 12.9. The van der Waals surface area contributed by atoms with Crippen LogP contribution in [0.4, 0.5) is 13.2 Å². The van der Waals surface area contributed by atoms with E-state index in [2.05, 4.69) is 0 Å². The van der Waals surface area contributed by atoms with Crippen LogP contribution in [0.3, 0.4) is 0 Å². The van der Waals surface area contributed by atoms with Crippen molar-refractivity contribution in [2.24, 2.45) is 0 Å². The van der Waals surface area contributed by atoms with Gasteiger partial charge in [-0.3, -0.25) is 4.79 Å². The molecule has 0 bridgehead atoms. The highest BCUT2D eigenvalue weighted by atomic mass is 19.2. The number of ether oxygens (including phenoxy) is 1. The van der Waals surface area contributed by atoms with Gasteiger partial charge in [-0.15, -0.1) is 0 Å². The number of carbonyl (C=O) groups excluding carboxylic acids is 1. The Labute approximate surface area is 91.0 Å². The molecule has 2 nitrogen and oxygen atoms in total. The van der Waals surface area contributed by atoms with E-state index in [1.165, 1.54) is 7.11 Å². The van der Waals surface area contributed by atoms with Crippen molar-refractivity contribution < 1.29 is 22.7 Å². The summed E-state index contributed by atoms with van der Waals surface area (Å²) < 4.78 is 43.4. The van der Waals surface area contributed by atoms with Gasteiger partial charge in [0.2, 0.25) is 0 Å². The van der Waals surface area contributed by atoms with E-state index in [1.807, 2.05) is 0 Å². The number of benzene rings is 1. The fourth-order valence-electron chi connectivity index (χ4n) is 1.37. The summed E-state index contributed by atoms with van der Waals surface area (Å²) >= 11 is 0. The molecule has 0 amide bonds. The minimum atomic E-state index is -1.55. The summed E-state index contributed by atoms with van der Waals surface area (Å²) in [6, 6.07) is 1.53. The van der Waals surface area contributed by atoms with Crippen LogP contribution in [0.2, 0.25) is 0 Å². The molecule has 16 heavy (non-hydrogen) atoms. The highest BCUT2D eigenvalue weighted by molar-refractivity contribution is 5.84. The maximum Gasteiger partial charge on any atom is 0.194 e. The van der Waals surface area contributed by atoms with Crippen molar-refractivity contribution in [2.75, 3.05) is 7.11 Å². The minimum absolute atomic E-state index is 0.0225. The van der Waals surface area contributed by atoms with E-state index in [4.69, 9.17) is 4.74 Å². The van der Waals surface area contributed by atoms with Gasteiger partial charge in [0.15, 0.2) is 23.2 Å². The Balaban J connectivity index is 3.16. The Kier molecular flexibility index (Phi) is 4.06. The van der Waals surface area contributed by atoms with Gasteiger partial charge in [0.25, 0.3) is 0 Å². The first-order valence-corrected chi connectivity index (χ1v) is 4.71. The van der Waals surface area contributed by atoms with Gasteiger partial charge in [-0.05, 0) is 17.7 Å². The largest absolute Gasteiger partial charge is 0.369 e. The number of rotatable bonds is 4. The average molecular weight is 232 g/mol. The number of Topliss-reactive ketones (excluding diaryl/α,β-unsaturated/α-hetero) is 1. The van der Waals surface area contributed by atoms with E-state index in [9.17, 15) is 18.0 Å². The lowest BCUT2D eigenvalue weighted by atomic mass is 10.0. The molecule has 0 aromatic heterocycles. The number of hydrogen-bond acceptors (Lipinski definition) is 2. The van der Waals surface area contributed by atoms with Gasteiger partial charge in [-0.2, -0.15) is 0 Å². The molecule has 0 aliphatic carbocycles. The van der Waals surface area contributed by atoms with E-state index < -0.39 is 23.6 Å². The third-order valence-electron chi connectivity index (χ3n) is 2.19. The Morgan fingerprint density at radius 3 is 2.19 bits per heavy atom. The third kappa shape index (κ3) is 2.41. The van der Waals surface area contributed by atoms with Crippen molar-refractivity contribution in [3.8, 4) is 0 Å². The normalized spacial score (nSPS) is 12.6. The zero-order valence-electron chi connectivity index (χ0n) is 8.89. The van der Waals surface area contributed by atoms with Crippen LogP contribution in [0.1, 0.15) is 25.0 Å². The summed E-state index contributed by atoms with van der Waals surface area (Å²) in [6.07, 6.45) is -0.895. The van der Waals surface area contributed by atoms with Gasteiger partial charge in [0, 0.05) is 13.5 Å². The van der Waals surface area contributed by atoms with Crippen LogP contribution in [0.5, 0.6) is 0 Å². The van der Waals surface area contributed by atoms with E-state index in [0.29, 0.717) is 0 Å². The molecular weight excluding hydrogens is 221 g/mol. The smallest absolute Gasteiger partial charge is 0.194 e. The van der Waals surface area contributed by atoms with Crippen LogP contribution >= 0.6 is 0 Å². The lowest BCUT2D eigenvalue weighted by molar-refractivity contribution is -0.128. The zero-order chi connectivity index (χ0) is 12.3. The highest BCUT2D eigenvalue weighted by Crippen LogP contribution is 2.23. The predicted octanol–water partition coefficient (Wildman–Crippen LogP) is 2.77. The summed E-state index contributed by atoms with van der Waals surface area (Å²) in [6.45, 7) is 1.60. The molecule has 0 saturated heterocycles. The third-order valence-corrected chi connectivity index (χ3v) is 2.19. The van der Waals surface area contributed by atoms with Crippen LogP contribution in [0.15, 0.2) is 12.1 Å². The van der Waals surface area contributed by atoms with Crippen LogP contribution in [0.25, 0.3) is 0 Å². The summed E-state index contributed by atoms with van der Waals surface area (Å²) in [4.78, 5) is 11.4. The Morgan fingerprint density at radius 1 is 1.31 bits per heavy atom. The van der Waals surface area contributed by atoms with Gasteiger partial charge in [0.05, 0.1) is 0 Å². The second-order valence-corrected chi connectivity index (χ2v) is 3.23. The zero-order valence-corrected chi connectivity index (χ0v) is 8.89. The lowest BCUT2D eigenvalue weighted by Gasteiger charge is -2.14. The maximum atomic E-state index is 12.9. The monoisotopic (exact) mass is 232 g/mol. The summed E-state index contributed by atoms with van der Waals surface area (Å²) in [5.41, 5.74) is -0.0225. The first kappa shape index (κ1) is 12.7. The quantitative estimate of drug-likeness (QED) is 0.746. The second-order valence-electron chi connectivity index (χ2n) is 3.23. The first-order chi connectivity index (χ1) is 7.51. The van der Waals surface area contributed by atoms with Gasteiger partial charge in [0.1, 0.15) is 6.10 Å². The Morgan fingerprint density at radius 2 is 1.81 bits per heavy atom. The highest BCUT2D eigenvalue weighted by Gasteiger charge is 2.21. The summed E-state index contributed by atoms with van der Waals surface area (Å²) in [7, 11) is 1.25. The van der Waals surface area contributed by atoms with Crippen molar-refractivity contribution in [3.63, 3.8) is 0 Å². The molecule has 0 spiro atoms. The summed E-state index contributed by atoms with van der Waals surface area (Å²) in [5, 5.41) is 0. The molecule has 0 fully saturated rings. The van der Waals surface area contributed by atoms with Crippen LogP contribution in [0, 0.1) is 17.5 Å². The fourth-order valence-corrected chi connectivity index (χ4v) is 1.37. The molecule has 0 N–H and O–H groups in total. The molecule has 1 aromatic rings. The SMILES string of the molecule is CCC(=O)C(OC)c1cc(F)c(F)c(F)c1. The second kappa shape index (κ2) is 5.12. The van der Waals surface area contributed by atoms with Gasteiger partial charge < -0.3 is 4.74 Å². The molecule has 1 atom stereocenters. The minimum Gasteiger partial charge on any atom is -0.369 e. The first-order valence-electron chi connectivity index (χ1n) is 4.71. The molecule has 0 saturated carbocycles. The fraction of sp³-hybridized carbons (Fsp3) is 0.364. The lowest BCUT2D eigenvalue weighted by Crippen LogP contribution is -2.14. The van der Waals surface area contributed by atoms with Crippen LogP contribution in [-0.4, -0.2) is 12.9 Å². The molecule has 0 heterocycles. The molecule has 1 unspecified atom stereocenters. The van der Waals surface area contributed by atoms with E-state index >= 15 is 0 Å². The number of hydrogen-bond donors (Lipinski definition) is 0. The van der Waals surface area contributed by atoms with Crippen molar-refractivity contribution in [2.45, 2.75) is 19.4 Å². The van der Waals surface area contributed by atoms with E-state index in [0.717, 1.165) is 12.1 Å². The number of methoxy groups -OCH3 is 1. The summed E-state index contributed by atoms with van der Waals surface area (Å²) in [5.74, 6) is -4.54. The number of carbonyl (C=O) groups is 1. The van der Waals surface area contributed by atoms with Gasteiger partial charge >= 0.3 is 0 Å². The molecule has 5 heteroatoms. The molecular formula is C11H11F3O2. The Hall–Kier alpha value is -1.36. The topological polar surface area (TPSA) is 26.3 Å². The van der Waals surface area contributed by atoms with Crippen molar-refractivity contribution in [3.05, 3.63) is 35.1 Å². The average Bonchev–Trinajstić information content (AvgIpc) is 2.26. The van der Waals surface area contributed by atoms with Gasteiger partial charge in [-0.25, -0.2) is 13.2 Å². The van der Waals surface area contributed by atoms with E-state index in [-0.39, 0.29) is 17.8 Å². The number of ketones is 1. The molecule has 1 rings (SSSR count). The molecule has 0 radical (unpaired) electrons. The van der Waals surface area contributed by atoms with E-state index in [1.54, 1.807) is 6.92 Å². The van der Waals surface area contributed by atoms with Crippen molar-refractivity contribution >= 4 is 5.78 Å². The predicted molar refractivity (Wildman–Crippen MR) is 51.4 cm³/mol. The molecule has 0 aliphatic heterocycles. The Bertz CT molecular complexity index is 381. The van der Waals surface area contributed by atoms with Crippen molar-refractivity contribution in [1.82, 2.24) is 0 Å².